The van der Waals surface area contributed by atoms with Crippen LogP contribution in [-0.4, -0.2) is 34.6 Å². The molecule has 2 N–H and O–H groups in total. The molecule has 1 fully saturated rings. The van der Waals surface area contributed by atoms with Gasteiger partial charge in [0.1, 0.15) is 22.4 Å². The largest absolute Gasteiger partial charge is 0.383 e. The van der Waals surface area contributed by atoms with Gasteiger partial charge in [0.2, 0.25) is 0 Å². The van der Waals surface area contributed by atoms with Crippen molar-refractivity contribution in [1.29, 1.82) is 0 Å². The van der Waals surface area contributed by atoms with Gasteiger partial charge >= 0.3 is 0 Å². The Hall–Kier alpha value is -0.490. The molecular formula is C8H11BrN4S. The number of thioether (sulfide) groups is 1. The number of aromatic nitrogens is 2. The highest BCUT2D eigenvalue weighted by atomic mass is 79.9. The second-order valence-corrected chi connectivity index (χ2v) is 5.01. The maximum absolute atomic E-state index is 5.70. The Labute approximate surface area is 95.4 Å². The fourth-order valence-corrected chi connectivity index (χ4v) is 2.73. The minimum Gasteiger partial charge on any atom is -0.383 e. The van der Waals surface area contributed by atoms with Gasteiger partial charge in [0.15, 0.2) is 0 Å². The maximum atomic E-state index is 5.70. The summed E-state index contributed by atoms with van der Waals surface area (Å²) >= 11 is 5.39. The van der Waals surface area contributed by atoms with Crippen LogP contribution in [0.25, 0.3) is 0 Å². The molecule has 76 valence electrons. The Morgan fingerprint density at radius 1 is 1.36 bits per heavy atom. The Balaban J connectivity index is 2.26. The minimum absolute atomic E-state index is 0.508. The van der Waals surface area contributed by atoms with Crippen LogP contribution in [0.4, 0.5) is 11.6 Å². The summed E-state index contributed by atoms with van der Waals surface area (Å²) < 4.78 is 0.812. The third-order valence-corrected chi connectivity index (χ3v) is 3.81. The molecule has 14 heavy (non-hydrogen) atoms. The number of nitrogens with zero attached hydrogens (tertiary/aromatic N) is 3. The normalized spacial score (nSPS) is 17.1. The molecule has 0 unspecified atom stereocenters. The highest BCUT2D eigenvalue weighted by Crippen LogP contribution is 2.28. The van der Waals surface area contributed by atoms with E-state index in [0.29, 0.717) is 5.82 Å². The van der Waals surface area contributed by atoms with Crippen molar-refractivity contribution in [3.63, 3.8) is 0 Å². The van der Waals surface area contributed by atoms with Gasteiger partial charge in [-0.25, -0.2) is 9.97 Å². The van der Waals surface area contributed by atoms with E-state index in [1.54, 1.807) is 0 Å². The van der Waals surface area contributed by atoms with E-state index in [2.05, 4.69) is 30.8 Å². The van der Waals surface area contributed by atoms with Crippen LogP contribution in [0.15, 0.2) is 10.8 Å². The second kappa shape index (κ2) is 4.35. The van der Waals surface area contributed by atoms with Crippen molar-refractivity contribution in [1.82, 2.24) is 9.97 Å². The van der Waals surface area contributed by atoms with Crippen LogP contribution in [0.5, 0.6) is 0 Å². The molecule has 6 heteroatoms. The van der Waals surface area contributed by atoms with Crippen molar-refractivity contribution in [3.05, 3.63) is 10.8 Å². The molecule has 0 atom stereocenters. The van der Waals surface area contributed by atoms with Gasteiger partial charge in [0.25, 0.3) is 0 Å². The highest BCUT2D eigenvalue weighted by Gasteiger charge is 2.16. The van der Waals surface area contributed by atoms with E-state index < -0.39 is 0 Å². The summed E-state index contributed by atoms with van der Waals surface area (Å²) in [6.07, 6.45) is 1.51. The number of hydrogen-bond acceptors (Lipinski definition) is 5. The number of halogens is 1. The van der Waals surface area contributed by atoms with E-state index in [1.165, 1.54) is 6.33 Å². The first-order valence-electron chi connectivity index (χ1n) is 4.37. The number of rotatable bonds is 1. The van der Waals surface area contributed by atoms with Gasteiger partial charge in [-0.2, -0.15) is 11.8 Å². The predicted octanol–water partition coefficient (Wildman–Crippen LogP) is 1.37. The van der Waals surface area contributed by atoms with Crippen LogP contribution in [-0.2, 0) is 0 Å². The summed E-state index contributed by atoms with van der Waals surface area (Å²) in [6.45, 7) is 2.05. The summed E-state index contributed by atoms with van der Waals surface area (Å²) in [5.74, 6) is 3.72. The van der Waals surface area contributed by atoms with Crippen LogP contribution in [0.1, 0.15) is 0 Å². The van der Waals surface area contributed by atoms with Gasteiger partial charge in [0, 0.05) is 24.6 Å². The summed E-state index contributed by atoms with van der Waals surface area (Å²) in [5, 5.41) is 0. The van der Waals surface area contributed by atoms with E-state index >= 15 is 0 Å². The lowest BCUT2D eigenvalue weighted by Crippen LogP contribution is -2.33. The van der Waals surface area contributed by atoms with Crippen LogP contribution in [0.2, 0.25) is 0 Å². The van der Waals surface area contributed by atoms with E-state index in [0.717, 1.165) is 34.9 Å². The molecule has 0 aromatic carbocycles. The Morgan fingerprint density at radius 3 is 2.79 bits per heavy atom. The van der Waals surface area contributed by atoms with Gasteiger partial charge in [-0.15, -0.1) is 0 Å². The molecule has 2 heterocycles. The third kappa shape index (κ3) is 1.95. The smallest absolute Gasteiger partial charge is 0.148 e. The average molecular weight is 275 g/mol. The van der Waals surface area contributed by atoms with Crippen LogP contribution < -0.4 is 10.6 Å². The Kier molecular flexibility index (Phi) is 3.12. The second-order valence-electron chi connectivity index (χ2n) is 3.00. The van der Waals surface area contributed by atoms with E-state index in [4.69, 9.17) is 5.73 Å². The quantitative estimate of drug-likeness (QED) is 0.839. The zero-order chi connectivity index (χ0) is 9.97. The molecule has 1 aromatic heterocycles. The van der Waals surface area contributed by atoms with Crippen molar-refractivity contribution < 1.29 is 0 Å². The molecule has 0 bridgehead atoms. The molecule has 0 amide bonds. The van der Waals surface area contributed by atoms with Crippen molar-refractivity contribution in [3.8, 4) is 0 Å². The summed E-state index contributed by atoms with van der Waals surface area (Å²) in [4.78, 5) is 10.4. The third-order valence-electron chi connectivity index (χ3n) is 2.11. The van der Waals surface area contributed by atoms with Gasteiger partial charge < -0.3 is 10.6 Å². The molecule has 1 aliphatic heterocycles. The lowest BCUT2D eigenvalue weighted by atomic mass is 10.4. The first kappa shape index (κ1) is 10.0. The lowest BCUT2D eigenvalue weighted by Gasteiger charge is -2.28. The van der Waals surface area contributed by atoms with Crippen LogP contribution in [0, 0.1) is 0 Å². The van der Waals surface area contributed by atoms with Gasteiger partial charge in [-0.3, -0.25) is 0 Å². The summed E-state index contributed by atoms with van der Waals surface area (Å²) in [7, 11) is 0. The molecule has 0 saturated carbocycles. The fraction of sp³-hybridized carbons (Fsp3) is 0.500. The molecule has 1 saturated heterocycles. The fourth-order valence-electron chi connectivity index (χ4n) is 1.37. The molecule has 1 aliphatic rings. The number of anilines is 2. The zero-order valence-corrected chi connectivity index (χ0v) is 10.0. The molecule has 2 rings (SSSR count). The number of nitrogens with two attached hydrogens (primary N) is 1. The van der Waals surface area contributed by atoms with E-state index in [9.17, 15) is 0 Å². The van der Waals surface area contributed by atoms with Crippen LogP contribution in [0.3, 0.4) is 0 Å². The van der Waals surface area contributed by atoms with Gasteiger partial charge in [0.05, 0.1) is 0 Å². The van der Waals surface area contributed by atoms with Crippen molar-refractivity contribution in [2.75, 3.05) is 35.2 Å². The number of nitrogen functional groups attached to an aromatic ring is 1. The predicted molar refractivity (Wildman–Crippen MR) is 63.7 cm³/mol. The SMILES string of the molecule is Nc1ncnc(N2CCSCC2)c1Br. The van der Waals surface area contributed by atoms with Crippen LogP contribution >= 0.6 is 27.7 Å². The summed E-state index contributed by atoms with van der Waals surface area (Å²) in [6, 6.07) is 0. The molecule has 0 aliphatic carbocycles. The lowest BCUT2D eigenvalue weighted by molar-refractivity contribution is 0.832. The average Bonchev–Trinajstić information content (AvgIpc) is 2.23. The van der Waals surface area contributed by atoms with Crippen molar-refractivity contribution in [2.24, 2.45) is 0 Å². The van der Waals surface area contributed by atoms with Gasteiger partial charge in [-0.1, -0.05) is 0 Å². The monoisotopic (exact) mass is 274 g/mol. The zero-order valence-electron chi connectivity index (χ0n) is 7.61. The highest BCUT2D eigenvalue weighted by molar-refractivity contribution is 9.10. The van der Waals surface area contributed by atoms with Crippen molar-refractivity contribution in [2.45, 2.75) is 0 Å². The standard InChI is InChI=1S/C8H11BrN4S/c9-6-7(10)11-5-12-8(6)13-1-3-14-4-2-13/h5H,1-4H2,(H2,10,11,12). The topological polar surface area (TPSA) is 55.0 Å². The molecule has 0 spiro atoms. The molecular weight excluding hydrogens is 264 g/mol. The van der Waals surface area contributed by atoms with E-state index in [-0.39, 0.29) is 0 Å². The molecule has 1 aromatic rings. The Morgan fingerprint density at radius 2 is 2.07 bits per heavy atom. The first-order chi connectivity index (χ1) is 6.79. The van der Waals surface area contributed by atoms with Gasteiger partial charge in [-0.05, 0) is 15.9 Å². The minimum atomic E-state index is 0.508. The Bertz CT molecular complexity index is 327. The number of hydrogen-bond donors (Lipinski definition) is 1. The molecule has 4 nitrogen and oxygen atoms in total. The van der Waals surface area contributed by atoms with Crippen molar-refractivity contribution >= 4 is 39.3 Å². The molecule has 0 radical (unpaired) electrons. The maximum Gasteiger partial charge on any atom is 0.148 e. The first-order valence-corrected chi connectivity index (χ1v) is 6.32. The van der Waals surface area contributed by atoms with E-state index in [1.807, 2.05) is 11.8 Å². The summed E-state index contributed by atoms with van der Waals surface area (Å²) in [5.41, 5.74) is 5.70.